The molecule has 0 aliphatic carbocycles. The lowest BCUT2D eigenvalue weighted by Crippen LogP contribution is -2.41. The maximum atomic E-state index is 13.5. The molecule has 0 radical (unpaired) electrons. The zero-order chi connectivity index (χ0) is 27.1. The number of amides is 1. The molecule has 194 valence electrons. The van der Waals surface area contributed by atoms with Crippen LogP contribution >= 0.6 is 0 Å². The molecule has 0 aliphatic rings. The van der Waals surface area contributed by atoms with Crippen molar-refractivity contribution in [1.82, 2.24) is 10.3 Å². The number of rotatable bonds is 9. The van der Waals surface area contributed by atoms with Crippen LogP contribution in [0.25, 0.3) is 0 Å². The van der Waals surface area contributed by atoms with Crippen molar-refractivity contribution in [2.75, 3.05) is 7.11 Å². The van der Waals surface area contributed by atoms with E-state index in [1.165, 1.54) is 50.6 Å². The Morgan fingerprint density at radius 2 is 1.43 bits per heavy atom. The highest BCUT2D eigenvalue weighted by Crippen LogP contribution is 2.31. The number of hydrogen-bond donors (Lipinski definition) is 1. The average Bonchev–Trinajstić information content (AvgIpc) is 2.86. The van der Waals surface area contributed by atoms with E-state index in [0.717, 1.165) is 6.92 Å². The van der Waals surface area contributed by atoms with Gasteiger partial charge < -0.3 is 19.5 Å². The SMILES string of the molecule is COc1ccnc(C(=O)N[C@@H](C)C(=O)O[C@H](C)C(c2ccc(F)cc2)c2ccc(F)cc2)c1OC(C)=O. The summed E-state index contributed by atoms with van der Waals surface area (Å²) in [7, 11) is 1.34. The fourth-order valence-electron chi connectivity index (χ4n) is 3.75. The Morgan fingerprint density at radius 1 is 0.892 bits per heavy atom. The minimum absolute atomic E-state index is 0.112. The number of hydrogen-bond acceptors (Lipinski definition) is 7. The summed E-state index contributed by atoms with van der Waals surface area (Å²) in [5.41, 5.74) is 1.05. The van der Waals surface area contributed by atoms with Crippen molar-refractivity contribution in [1.29, 1.82) is 0 Å². The Bertz CT molecular complexity index is 1220. The van der Waals surface area contributed by atoms with E-state index < -0.39 is 47.5 Å². The molecule has 1 amide bonds. The number of methoxy groups -OCH3 is 1. The first kappa shape index (κ1) is 27.3. The van der Waals surface area contributed by atoms with Crippen LogP contribution in [0.5, 0.6) is 11.5 Å². The third-order valence-corrected chi connectivity index (χ3v) is 5.48. The van der Waals surface area contributed by atoms with Crippen molar-refractivity contribution in [3.63, 3.8) is 0 Å². The van der Waals surface area contributed by atoms with Gasteiger partial charge in [-0.3, -0.25) is 9.59 Å². The molecule has 1 heterocycles. The highest BCUT2D eigenvalue weighted by atomic mass is 19.1. The van der Waals surface area contributed by atoms with Gasteiger partial charge in [-0.25, -0.2) is 18.6 Å². The lowest BCUT2D eigenvalue weighted by Gasteiger charge is -2.26. The van der Waals surface area contributed by atoms with E-state index in [1.807, 2.05) is 0 Å². The van der Waals surface area contributed by atoms with E-state index in [4.69, 9.17) is 14.2 Å². The van der Waals surface area contributed by atoms with Crippen molar-refractivity contribution < 1.29 is 37.4 Å². The van der Waals surface area contributed by atoms with Gasteiger partial charge in [0, 0.05) is 25.1 Å². The topological polar surface area (TPSA) is 104 Å². The molecule has 0 fully saturated rings. The molecule has 1 N–H and O–H groups in total. The van der Waals surface area contributed by atoms with Gasteiger partial charge in [-0.2, -0.15) is 0 Å². The quantitative estimate of drug-likeness (QED) is 0.429. The Labute approximate surface area is 212 Å². The second-order valence-corrected chi connectivity index (χ2v) is 8.20. The molecule has 0 saturated carbocycles. The number of nitrogens with zero attached hydrogens (tertiary/aromatic N) is 1. The van der Waals surface area contributed by atoms with Gasteiger partial charge >= 0.3 is 11.9 Å². The summed E-state index contributed by atoms with van der Waals surface area (Å²) in [6, 6.07) is 11.7. The maximum Gasteiger partial charge on any atom is 0.328 e. The molecule has 0 spiro atoms. The third kappa shape index (κ3) is 6.87. The highest BCUT2D eigenvalue weighted by molar-refractivity contribution is 5.98. The lowest BCUT2D eigenvalue weighted by atomic mass is 9.87. The number of pyridine rings is 1. The molecule has 0 aliphatic heterocycles. The normalized spacial score (nSPS) is 12.4. The molecule has 0 unspecified atom stereocenters. The Hall–Kier alpha value is -4.34. The zero-order valence-corrected chi connectivity index (χ0v) is 20.7. The molecule has 2 atom stereocenters. The van der Waals surface area contributed by atoms with Gasteiger partial charge in [0.15, 0.2) is 11.4 Å². The first-order valence-corrected chi connectivity index (χ1v) is 11.3. The predicted octanol–water partition coefficient (Wildman–Crippen LogP) is 4.18. The summed E-state index contributed by atoms with van der Waals surface area (Å²) >= 11 is 0. The van der Waals surface area contributed by atoms with Gasteiger partial charge in [0.1, 0.15) is 23.8 Å². The van der Waals surface area contributed by atoms with Crippen molar-refractivity contribution in [3.8, 4) is 11.5 Å². The summed E-state index contributed by atoms with van der Waals surface area (Å²) in [5.74, 6) is -3.70. The van der Waals surface area contributed by atoms with Crippen molar-refractivity contribution in [2.24, 2.45) is 0 Å². The summed E-state index contributed by atoms with van der Waals surface area (Å²) < 4.78 is 42.9. The maximum absolute atomic E-state index is 13.5. The molecule has 3 rings (SSSR count). The summed E-state index contributed by atoms with van der Waals surface area (Å²) in [5, 5.41) is 2.48. The Balaban J connectivity index is 1.78. The molecule has 0 bridgehead atoms. The summed E-state index contributed by atoms with van der Waals surface area (Å²) in [4.78, 5) is 41.2. The van der Waals surface area contributed by atoms with Gasteiger partial charge in [-0.1, -0.05) is 24.3 Å². The second kappa shape index (κ2) is 12.1. The first-order valence-electron chi connectivity index (χ1n) is 11.3. The number of benzene rings is 2. The van der Waals surface area contributed by atoms with Crippen LogP contribution in [0.3, 0.4) is 0 Å². The zero-order valence-electron chi connectivity index (χ0n) is 20.7. The van der Waals surface area contributed by atoms with Crippen LogP contribution < -0.4 is 14.8 Å². The Kier molecular flexibility index (Phi) is 8.89. The van der Waals surface area contributed by atoms with E-state index in [-0.39, 0.29) is 17.2 Å². The number of halogens is 2. The van der Waals surface area contributed by atoms with E-state index in [1.54, 1.807) is 31.2 Å². The fourth-order valence-corrected chi connectivity index (χ4v) is 3.75. The molecule has 2 aromatic carbocycles. The van der Waals surface area contributed by atoms with E-state index in [2.05, 4.69) is 10.3 Å². The number of aromatic nitrogens is 1. The predicted molar refractivity (Wildman–Crippen MR) is 129 cm³/mol. The minimum atomic E-state index is -1.12. The summed E-state index contributed by atoms with van der Waals surface area (Å²) in [6.45, 7) is 4.23. The van der Waals surface area contributed by atoms with Gasteiger partial charge in [-0.05, 0) is 49.2 Å². The number of ether oxygens (including phenoxy) is 3. The monoisotopic (exact) mass is 512 g/mol. The van der Waals surface area contributed by atoms with Crippen LogP contribution in [0.15, 0.2) is 60.8 Å². The number of carbonyl (C=O) groups excluding carboxylic acids is 3. The second-order valence-electron chi connectivity index (χ2n) is 8.20. The largest absolute Gasteiger partial charge is 0.493 e. The first-order chi connectivity index (χ1) is 17.6. The number of nitrogens with one attached hydrogen (secondary N) is 1. The van der Waals surface area contributed by atoms with Gasteiger partial charge in [0.05, 0.1) is 7.11 Å². The van der Waals surface area contributed by atoms with E-state index in [9.17, 15) is 23.2 Å². The standard InChI is InChI=1S/C27H26F2N2O6/c1-15(31-26(33)24-25(37-17(3)32)22(35-4)13-14-30-24)27(34)36-16(2)23(18-5-9-20(28)10-6-18)19-7-11-21(29)12-8-19/h5-16,23H,1-4H3,(H,31,33)/t15-,16+/m0/s1. The van der Waals surface area contributed by atoms with Gasteiger partial charge in [0.25, 0.3) is 5.91 Å². The average molecular weight is 513 g/mol. The molecule has 1 aromatic heterocycles. The van der Waals surface area contributed by atoms with Crippen LogP contribution in [-0.4, -0.2) is 42.1 Å². The van der Waals surface area contributed by atoms with Crippen molar-refractivity contribution in [3.05, 3.63) is 89.2 Å². The van der Waals surface area contributed by atoms with E-state index >= 15 is 0 Å². The van der Waals surface area contributed by atoms with E-state index in [0.29, 0.717) is 11.1 Å². The number of esters is 2. The van der Waals surface area contributed by atoms with Crippen LogP contribution in [0, 0.1) is 11.6 Å². The smallest absolute Gasteiger partial charge is 0.328 e. The lowest BCUT2D eigenvalue weighted by molar-refractivity contribution is -0.150. The molecule has 10 heteroatoms. The molecule has 37 heavy (non-hydrogen) atoms. The fraction of sp³-hybridized carbons (Fsp3) is 0.259. The molecular formula is C27H26F2N2O6. The minimum Gasteiger partial charge on any atom is -0.493 e. The van der Waals surface area contributed by atoms with Gasteiger partial charge in [-0.15, -0.1) is 0 Å². The molecule has 0 saturated heterocycles. The molecule has 8 nitrogen and oxygen atoms in total. The summed E-state index contributed by atoms with van der Waals surface area (Å²) in [6.07, 6.45) is 0.524. The number of carbonyl (C=O) groups is 3. The van der Waals surface area contributed by atoms with Crippen LogP contribution in [0.1, 0.15) is 48.3 Å². The Morgan fingerprint density at radius 3 is 1.92 bits per heavy atom. The molecular weight excluding hydrogens is 486 g/mol. The van der Waals surface area contributed by atoms with Crippen LogP contribution in [0.2, 0.25) is 0 Å². The molecule has 3 aromatic rings. The third-order valence-electron chi connectivity index (χ3n) is 5.48. The van der Waals surface area contributed by atoms with Crippen LogP contribution in [-0.2, 0) is 14.3 Å². The van der Waals surface area contributed by atoms with Gasteiger partial charge in [0.2, 0.25) is 5.75 Å². The van der Waals surface area contributed by atoms with Crippen LogP contribution in [0.4, 0.5) is 8.78 Å². The van der Waals surface area contributed by atoms with Crippen molar-refractivity contribution >= 4 is 17.8 Å². The van der Waals surface area contributed by atoms with Crippen molar-refractivity contribution in [2.45, 2.75) is 38.8 Å². The highest BCUT2D eigenvalue weighted by Gasteiger charge is 2.29.